The van der Waals surface area contributed by atoms with E-state index in [4.69, 9.17) is 18.9 Å². The molecule has 2 saturated heterocycles. The molecular formula is C26H42O4. The van der Waals surface area contributed by atoms with E-state index in [1.54, 1.807) is 5.57 Å². The van der Waals surface area contributed by atoms with Crippen molar-refractivity contribution in [3.63, 3.8) is 0 Å². The maximum absolute atomic E-state index is 6.19. The minimum atomic E-state index is -0.426. The van der Waals surface area contributed by atoms with Crippen molar-refractivity contribution in [1.29, 1.82) is 0 Å². The second kappa shape index (κ2) is 7.57. The van der Waals surface area contributed by atoms with Crippen molar-refractivity contribution in [2.45, 2.75) is 97.1 Å². The zero-order valence-corrected chi connectivity index (χ0v) is 19.6. The lowest BCUT2D eigenvalue weighted by Crippen LogP contribution is -2.53. The van der Waals surface area contributed by atoms with Crippen molar-refractivity contribution >= 4 is 0 Å². The Morgan fingerprint density at radius 3 is 2.37 bits per heavy atom. The first-order valence-corrected chi connectivity index (χ1v) is 12.5. The molecule has 0 aromatic heterocycles. The molecular weight excluding hydrogens is 376 g/mol. The topological polar surface area (TPSA) is 36.9 Å². The summed E-state index contributed by atoms with van der Waals surface area (Å²) in [6, 6.07) is 0. The summed E-state index contributed by atoms with van der Waals surface area (Å²) in [6.45, 7) is 12.3. The molecule has 4 heteroatoms. The molecule has 3 aliphatic carbocycles. The third kappa shape index (κ3) is 3.80. The fourth-order valence-corrected chi connectivity index (χ4v) is 7.39. The van der Waals surface area contributed by atoms with Crippen LogP contribution in [0, 0.1) is 28.6 Å². The molecule has 0 unspecified atom stereocenters. The Morgan fingerprint density at radius 2 is 1.63 bits per heavy atom. The van der Waals surface area contributed by atoms with Crippen molar-refractivity contribution in [1.82, 2.24) is 0 Å². The molecule has 0 amide bonds. The van der Waals surface area contributed by atoms with Crippen LogP contribution in [0.25, 0.3) is 0 Å². The third-order valence-electron chi connectivity index (χ3n) is 9.19. The number of ether oxygens (including phenoxy) is 4. The number of hydrogen-bond acceptors (Lipinski definition) is 4. The standard InChI is InChI=1S/C26H42O4/c1-23(2)17-29-25(4,30-18-23)12-10-19-6-5-7-22-21(19)9-8-20-11-13-26(16-24(20,22)3)27-14-15-28-26/h6,20-22H,5,7-18H2,1-4H3/t20-,21-,22-,24-/m0/s1. The second-order valence-electron chi connectivity index (χ2n) is 12.0. The van der Waals surface area contributed by atoms with E-state index >= 15 is 0 Å². The minimum absolute atomic E-state index is 0.128. The van der Waals surface area contributed by atoms with Crippen LogP contribution in [-0.4, -0.2) is 38.0 Å². The first-order valence-electron chi connectivity index (χ1n) is 12.5. The van der Waals surface area contributed by atoms with Gasteiger partial charge in [-0.15, -0.1) is 0 Å². The first kappa shape index (κ1) is 21.4. The smallest absolute Gasteiger partial charge is 0.169 e. The number of hydrogen-bond donors (Lipinski definition) is 0. The quantitative estimate of drug-likeness (QED) is 0.539. The largest absolute Gasteiger partial charge is 0.350 e. The molecule has 2 aliphatic heterocycles. The number of fused-ring (bicyclic) bond motifs is 3. The molecule has 30 heavy (non-hydrogen) atoms. The van der Waals surface area contributed by atoms with Crippen molar-refractivity contribution in [2.24, 2.45) is 28.6 Å². The molecule has 2 heterocycles. The van der Waals surface area contributed by atoms with Gasteiger partial charge in [-0.05, 0) is 68.6 Å². The Kier molecular flexibility index (Phi) is 5.41. The lowest BCUT2D eigenvalue weighted by Gasteiger charge is -2.58. The second-order valence-corrected chi connectivity index (χ2v) is 12.0. The van der Waals surface area contributed by atoms with Crippen LogP contribution in [0.5, 0.6) is 0 Å². The van der Waals surface area contributed by atoms with Crippen LogP contribution < -0.4 is 0 Å². The van der Waals surface area contributed by atoms with E-state index in [2.05, 4.69) is 33.8 Å². The van der Waals surface area contributed by atoms with E-state index in [-0.39, 0.29) is 11.2 Å². The van der Waals surface area contributed by atoms with Gasteiger partial charge in [-0.1, -0.05) is 32.4 Å². The summed E-state index contributed by atoms with van der Waals surface area (Å²) in [7, 11) is 0. The van der Waals surface area contributed by atoms with E-state index < -0.39 is 5.79 Å². The third-order valence-corrected chi connectivity index (χ3v) is 9.19. The molecule has 4 nitrogen and oxygen atoms in total. The monoisotopic (exact) mass is 418 g/mol. The first-order chi connectivity index (χ1) is 14.2. The molecule has 0 bridgehead atoms. The van der Waals surface area contributed by atoms with Crippen LogP contribution in [0.3, 0.4) is 0 Å². The highest BCUT2D eigenvalue weighted by Crippen LogP contribution is 2.62. The Morgan fingerprint density at radius 1 is 0.900 bits per heavy atom. The predicted molar refractivity (Wildman–Crippen MR) is 117 cm³/mol. The SMILES string of the molecule is CC1(C)COC(C)(CCC2=CCC[C@H]3[C@H]2CC[C@H]2CCC4(C[C@@]23C)OCCO4)OC1. The Labute approximate surface area is 183 Å². The summed E-state index contributed by atoms with van der Waals surface area (Å²) in [5.41, 5.74) is 2.15. The maximum atomic E-state index is 6.19. The van der Waals surface area contributed by atoms with Crippen LogP contribution in [0.15, 0.2) is 11.6 Å². The summed E-state index contributed by atoms with van der Waals surface area (Å²) in [5.74, 6) is 1.62. The lowest BCUT2D eigenvalue weighted by molar-refractivity contribution is -0.291. The summed E-state index contributed by atoms with van der Waals surface area (Å²) in [5, 5.41) is 0. The molecule has 0 aromatic carbocycles. The van der Waals surface area contributed by atoms with E-state index in [1.165, 1.54) is 32.1 Å². The van der Waals surface area contributed by atoms with Crippen LogP contribution in [-0.2, 0) is 18.9 Å². The van der Waals surface area contributed by atoms with Crippen molar-refractivity contribution in [3.05, 3.63) is 11.6 Å². The summed E-state index contributed by atoms with van der Waals surface area (Å²) < 4.78 is 24.8. The van der Waals surface area contributed by atoms with Crippen molar-refractivity contribution in [3.8, 4) is 0 Å². The molecule has 5 rings (SSSR count). The van der Waals surface area contributed by atoms with Gasteiger partial charge in [0.15, 0.2) is 11.6 Å². The molecule has 0 N–H and O–H groups in total. The summed E-state index contributed by atoms with van der Waals surface area (Å²) >= 11 is 0. The average Bonchev–Trinajstić information content (AvgIpc) is 3.16. The fourth-order valence-electron chi connectivity index (χ4n) is 7.39. The highest BCUT2D eigenvalue weighted by molar-refractivity contribution is 5.18. The van der Waals surface area contributed by atoms with Gasteiger partial charge < -0.3 is 18.9 Å². The van der Waals surface area contributed by atoms with E-state index in [1.807, 2.05) is 0 Å². The van der Waals surface area contributed by atoms with Gasteiger partial charge in [-0.25, -0.2) is 0 Å². The van der Waals surface area contributed by atoms with E-state index in [0.717, 1.165) is 69.9 Å². The Balaban J connectivity index is 1.28. The normalized spacial score (nSPS) is 41.7. The van der Waals surface area contributed by atoms with E-state index in [0.29, 0.717) is 5.41 Å². The van der Waals surface area contributed by atoms with Gasteiger partial charge in [0.2, 0.25) is 0 Å². The molecule has 2 saturated carbocycles. The summed E-state index contributed by atoms with van der Waals surface area (Å²) in [6.07, 6.45) is 13.4. The summed E-state index contributed by atoms with van der Waals surface area (Å²) in [4.78, 5) is 0. The molecule has 1 spiro atoms. The Hall–Kier alpha value is -0.420. The van der Waals surface area contributed by atoms with Crippen LogP contribution >= 0.6 is 0 Å². The number of rotatable bonds is 3. The number of allylic oxidation sites excluding steroid dienone is 2. The molecule has 4 fully saturated rings. The molecule has 5 aliphatic rings. The Bertz CT molecular complexity index is 667. The zero-order valence-electron chi connectivity index (χ0n) is 19.6. The minimum Gasteiger partial charge on any atom is -0.350 e. The maximum Gasteiger partial charge on any atom is 0.169 e. The van der Waals surface area contributed by atoms with Crippen LogP contribution in [0.2, 0.25) is 0 Å². The molecule has 0 aromatic rings. The fraction of sp³-hybridized carbons (Fsp3) is 0.923. The highest BCUT2D eigenvalue weighted by Gasteiger charge is 2.57. The van der Waals surface area contributed by atoms with E-state index in [9.17, 15) is 0 Å². The molecule has 170 valence electrons. The van der Waals surface area contributed by atoms with Gasteiger partial charge in [-0.2, -0.15) is 0 Å². The lowest BCUT2D eigenvalue weighted by atomic mass is 9.48. The van der Waals surface area contributed by atoms with Crippen molar-refractivity contribution in [2.75, 3.05) is 26.4 Å². The highest BCUT2D eigenvalue weighted by atomic mass is 16.7. The van der Waals surface area contributed by atoms with Crippen LogP contribution in [0.4, 0.5) is 0 Å². The zero-order chi connectivity index (χ0) is 21.0. The molecule has 0 radical (unpaired) electrons. The average molecular weight is 419 g/mol. The van der Waals surface area contributed by atoms with Gasteiger partial charge in [-0.3, -0.25) is 0 Å². The van der Waals surface area contributed by atoms with Gasteiger partial charge in [0.1, 0.15) is 0 Å². The van der Waals surface area contributed by atoms with Gasteiger partial charge >= 0.3 is 0 Å². The van der Waals surface area contributed by atoms with Crippen LogP contribution in [0.1, 0.15) is 85.5 Å². The predicted octanol–water partition coefficient (Wildman–Crippen LogP) is 5.85. The van der Waals surface area contributed by atoms with Crippen molar-refractivity contribution < 1.29 is 18.9 Å². The van der Waals surface area contributed by atoms with Gasteiger partial charge in [0.25, 0.3) is 0 Å². The molecule has 4 atom stereocenters. The van der Waals surface area contributed by atoms with Gasteiger partial charge in [0.05, 0.1) is 26.4 Å². The van der Waals surface area contributed by atoms with Gasteiger partial charge in [0, 0.05) is 24.7 Å².